The lowest BCUT2D eigenvalue weighted by molar-refractivity contribution is -0.137. The molecule has 0 bridgehead atoms. The van der Waals surface area contributed by atoms with Crippen LogP contribution in [0.15, 0.2) is 24.3 Å². The fraction of sp³-hybridized carbons (Fsp3) is 0.417. The molecule has 0 aliphatic heterocycles. The second kappa shape index (κ2) is 5.21. The summed E-state index contributed by atoms with van der Waals surface area (Å²) in [6.45, 7) is 3.34. The number of halogens is 3. The highest BCUT2D eigenvalue weighted by molar-refractivity contribution is 5.76. The molecule has 0 fully saturated rings. The van der Waals surface area contributed by atoms with Crippen molar-refractivity contribution >= 4 is 5.91 Å². The minimum absolute atomic E-state index is 0.185. The Bertz CT molecular complexity index is 401. The van der Waals surface area contributed by atoms with Gasteiger partial charge in [0.2, 0.25) is 5.91 Å². The Morgan fingerprint density at radius 1 is 1.41 bits per heavy atom. The summed E-state index contributed by atoms with van der Waals surface area (Å²) in [5, 5.41) is 2.62. The van der Waals surface area contributed by atoms with Crippen LogP contribution >= 0.6 is 0 Å². The van der Waals surface area contributed by atoms with Crippen molar-refractivity contribution in [3.63, 3.8) is 0 Å². The number of carbonyl (C=O) groups is 1. The molecule has 5 heteroatoms. The van der Waals surface area contributed by atoms with Gasteiger partial charge in [-0.05, 0) is 24.6 Å². The molecule has 0 aliphatic rings. The molecule has 1 aromatic carbocycles. The number of rotatable bonds is 3. The summed E-state index contributed by atoms with van der Waals surface area (Å²) >= 11 is 0. The molecule has 0 heterocycles. The minimum Gasteiger partial charge on any atom is -0.350 e. The number of hydrogen-bond acceptors (Lipinski definition) is 1. The maximum Gasteiger partial charge on any atom is 0.416 e. The highest BCUT2D eigenvalue weighted by Gasteiger charge is 2.30. The van der Waals surface area contributed by atoms with Crippen LogP contribution in [0.25, 0.3) is 0 Å². The first-order valence-corrected chi connectivity index (χ1v) is 5.31. The van der Waals surface area contributed by atoms with Gasteiger partial charge in [-0.1, -0.05) is 19.1 Å². The first-order valence-electron chi connectivity index (χ1n) is 5.31. The van der Waals surface area contributed by atoms with Crippen LogP contribution in [-0.4, -0.2) is 5.91 Å². The summed E-state index contributed by atoms with van der Waals surface area (Å²) < 4.78 is 37.4. The summed E-state index contributed by atoms with van der Waals surface area (Å²) in [6.07, 6.45) is -4.05. The zero-order chi connectivity index (χ0) is 13.1. The summed E-state index contributed by atoms with van der Waals surface area (Å²) in [7, 11) is 0. The molecule has 2 nitrogen and oxygen atoms in total. The first-order chi connectivity index (χ1) is 7.84. The number of amides is 1. The van der Waals surface area contributed by atoms with Gasteiger partial charge in [0.15, 0.2) is 0 Å². The van der Waals surface area contributed by atoms with Crippen LogP contribution in [0, 0.1) is 0 Å². The molecule has 1 atom stereocenters. The van der Waals surface area contributed by atoms with Crippen molar-refractivity contribution in [1.29, 1.82) is 0 Å². The molecule has 0 saturated heterocycles. The largest absolute Gasteiger partial charge is 0.416 e. The van der Waals surface area contributed by atoms with E-state index in [-0.39, 0.29) is 5.91 Å². The van der Waals surface area contributed by atoms with Gasteiger partial charge >= 0.3 is 6.18 Å². The molecule has 0 aliphatic carbocycles. The third-order valence-electron chi connectivity index (χ3n) is 2.41. The molecule has 17 heavy (non-hydrogen) atoms. The smallest absolute Gasteiger partial charge is 0.350 e. The zero-order valence-electron chi connectivity index (χ0n) is 9.64. The van der Waals surface area contributed by atoms with E-state index in [2.05, 4.69) is 5.32 Å². The third kappa shape index (κ3) is 3.76. The quantitative estimate of drug-likeness (QED) is 0.869. The van der Waals surface area contributed by atoms with Crippen LogP contribution in [0.1, 0.15) is 37.4 Å². The van der Waals surface area contributed by atoms with Gasteiger partial charge in [-0.15, -0.1) is 0 Å². The molecule has 0 aromatic heterocycles. The maximum atomic E-state index is 12.5. The van der Waals surface area contributed by atoms with Crippen LogP contribution in [0.3, 0.4) is 0 Å². The van der Waals surface area contributed by atoms with Gasteiger partial charge in [-0.3, -0.25) is 4.79 Å². The zero-order valence-corrected chi connectivity index (χ0v) is 9.64. The van der Waals surface area contributed by atoms with Gasteiger partial charge in [0.25, 0.3) is 0 Å². The van der Waals surface area contributed by atoms with Gasteiger partial charge in [0, 0.05) is 6.42 Å². The van der Waals surface area contributed by atoms with Gasteiger partial charge in [0.1, 0.15) is 0 Å². The van der Waals surface area contributed by atoms with Crippen molar-refractivity contribution in [3.8, 4) is 0 Å². The highest BCUT2D eigenvalue weighted by atomic mass is 19.4. The van der Waals surface area contributed by atoms with Gasteiger partial charge in [0.05, 0.1) is 11.6 Å². The molecule has 0 spiro atoms. The molecule has 1 rings (SSSR count). The molecular weight excluding hydrogens is 231 g/mol. The Hall–Kier alpha value is -1.52. The number of nitrogens with one attached hydrogen (secondary N) is 1. The molecule has 1 N–H and O–H groups in total. The summed E-state index contributed by atoms with van der Waals surface area (Å²) in [5.74, 6) is -0.185. The van der Waals surface area contributed by atoms with E-state index in [1.807, 2.05) is 0 Å². The third-order valence-corrected chi connectivity index (χ3v) is 2.41. The molecule has 94 valence electrons. The standard InChI is InChI=1S/C12H14F3NO/c1-3-11(17)16-8(2)9-5-4-6-10(7-9)12(13,14)15/h4-8H,3H2,1-2H3,(H,16,17)/t8-/m0/s1. The van der Waals surface area contributed by atoms with E-state index in [0.29, 0.717) is 12.0 Å². The van der Waals surface area contributed by atoms with Crippen LogP contribution in [0.2, 0.25) is 0 Å². The highest BCUT2D eigenvalue weighted by Crippen LogP contribution is 2.30. The van der Waals surface area contributed by atoms with Gasteiger partial charge < -0.3 is 5.32 Å². The lowest BCUT2D eigenvalue weighted by Crippen LogP contribution is -2.25. The lowest BCUT2D eigenvalue weighted by Gasteiger charge is -2.15. The Morgan fingerprint density at radius 3 is 2.59 bits per heavy atom. The van der Waals surface area contributed by atoms with E-state index in [4.69, 9.17) is 0 Å². The Morgan fingerprint density at radius 2 is 2.06 bits per heavy atom. The fourth-order valence-electron chi connectivity index (χ4n) is 1.41. The molecule has 1 aromatic rings. The van der Waals surface area contributed by atoms with Crippen LogP contribution in [0.5, 0.6) is 0 Å². The summed E-state index contributed by atoms with van der Waals surface area (Å²) in [4.78, 5) is 11.1. The van der Waals surface area contributed by atoms with Crippen molar-refractivity contribution in [2.45, 2.75) is 32.5 Å². The van der Waals surface area contributed by atoms with Crippen molar-refractivity contribution in [2.75, 3.05) is 0 Å². The van der Waals surface area contributed by atoms with Crippen LogP contribution < -0.4 is 5.32 Å². The van der Waals surface area contributed by atoms with Crippen molar-refractivity contribution < 1.29 is 18.0 Å². The molecule has 0 radical (unpaired) electrons. The Balaban J connectivity index is 2.88. The molecule has 0 unspecified atom stereocenters. The minimum atomic E-state index is -4.36. The molecule has 1 amide bonds. The monoisotopic (exact) mass is 245 g/mol. The Labute approximate surface area is 97.8 Å². The van der Waals surface area contributed by atoms with E-state index in [1.165, 1.54) is 6.07 Å². The molecular formula is C12H14F3NO. The summed E-state index contributed by atoms with van der Waals surface area (Å²) in [5.41, 5.74) is -0.255. The molecule has 0 saturated carbocycles. The van der Waals surface area contributed by atoms with E-state index in [0.717, 1.165) is 12.1 Å². The van der Waals surface area contributed by atoms with E-state index >= 15 is 0 Å². The van der Waals surface area contributed by atoms with E-state index in [1.54, 1.807) is 19.9 Å². The predicted molar refractivity (Wildman–Crippen MR) is 58.3 cm³/mol. The first kappa shape index (κ1) is 13.5. The summed E-state index contributed by atoms with van der Waals surface area (Å²) in [6, 6.07) is 4.55. The van der Waals surface area contributed by atoms with Crippen molar-refractivity contribution in [1.82, 2.24) is 5.32 Å². The fourth-order valence-corrected chi connectivity index (χ4v) is 1.41. The Kier molecular flexibility index (Phi) is 4.15. The number of hydrogen-bond donors (Lipinski definition) is 1. The number of carbonyl (C=O) groups excluding carboxylic acids is 1. The van der Waals surface area contributed by atoms with Crippen LogP contribution in [0.4, 0.5) is 13.2 Å². The van der Waals surface area contributed by atoms with E-state index in [9.17, 15) is 18.0 Å². The topological polar surface area (TPSA) is 29.1 Å². The average Bonchev–Trinajstić information content (AvgIpc) is 2.28. The maximum absolute atomic E-state index is 12.5. The lowest BCUT2D eigenvalue weighted by atomic mass is 10.0. The number of benzene rings is 1. The number of alkyl halides is 3. The SMILES string of the molecule is CCC(=O)N[C@@H](C)c1cccc(C(F)(F)F)c1. The van der Waals surface area contributed by atoms with Crippen LogP contribution in [-0.2, 0) is 11.0 Å². The average molecular weight is 245 g/mol. The predicted octanol–water partition coefficient (Wildman–Crippen LogP) is 3.29. The second-order valence-electron chi connectivity index (χ2n) is 3.77. The van der Waals surface area contributed by atoms with Gasteiger partial charge in [-0.25, -0.2) is 0 Å². The van der Waals surface area contributed by atoms with E-state index < -0.39 is 17.8 Å². The van der Waals surface area contributed by atoms with Gasteiger partial charge in [-0.2, -0.15) is 13.2 Å². The normalized spacial score (nSPS) is 13.2. The van der Waals surface area contributed by atoms with Crippen molar-refractivity contribution in [2.24, 2.45) is 0 Å². The van der Waals surface area contributed by atoms with Crippen molar-refractivity contribution in [3.05, 3.63) is 35.4 Å². The second-order valence-corrected chi connectivity index (χ2v) is 3.77.